The molecular weight excluding hydrogens is 172 g/mol. The lowest BCUT2D eigenvalue weighted by molar-refractivity contribution is 0.106. The van der Waals surface area contributed by atoms with Crippen molar-refractivity contribution in [3.8, 4) is 0 Å². The molecule has 1 saturated heterocycles. The third-order valence-corrected chi connectivity index (χ3v) is 3.87. The van der Waals surface area contributed by atoms with Crippen molar-refractivity contribution in [1.29, 1.82) is 0 Å². The average Bonchev–Trinajstić information content (AvgIpc) is 3.00. The fraction of sp³-hybridized carbons (Fsp3) is 1.00. The lowest BCUT2D eigenvalue weighted by atomic mass is 9.98. The Morgan fingerprint density at radius 2 is 2.07 bits per heavy atom. The zero-order valence-electron chi connectivity index (χ0n) is 9.79. The molecule has 1 heterocycles. The summed E-state index contributed by atoms with van der Waals surface area (Å²) in [5.74, 6) is 1.78. The Morgan fingerprint density at radius 1 is 1.36 bits per heavy atom. The number of hydrogen-bond acceptors (Lipinski definition) is 2. The van der Waals surface area contributed by atoms with Crippen molar-refractivity contribution in [2.75, 3.05) is 19.6 Å². The molecule has 1 N–H and O–H groups in total. The van der Waals surface area contributed by atoms with E-state index in [-0.39, 0.29) is 0 Å². The van der Waals surface area contributed by atoms with Crippen LogP contribution < -0.4 is 5.32 Å². The van der Waals surface area contributed by atoms with Gasteiger partial charge in [0.1, 0.15) is 0 Å². The Balaban J connectivity index is 1.92. The maximum Gasteiger partial charge on any atom is 0.0249 e. The quantitative estimate of drug-likeness (QED) is 0.739. The van der Waals surface area contributed by atoms with Gasteiger partial charge in [-0.15, -0.1) is 0 Å². The molecule has 0 spiro atoms. The number of likely N-dealkylation sites (N-methyl/N-ethyl adjacent to an activating group) is 1. The van der Waals surface area contributed by atoms with E-state index in [0.717, 1.165) is 17.9 Å². The van der Waals surface area contributed by atoms with E-state index in [2.05, 4.69) is 31.0 Å². The van der Waals surface area contributed by atoms with Crippen LogP contribution in [0, 0.1) is 11.8 Å². The Morgan fingerprint density at radius 3 is 2.57 bits per heavy atom. The van der Waals surface area contributed by atoms with E-state index in [4.69, 9.17) is 0 Å². The van der Waals surface area contributed by atoms with Crippen molar-refractivity contribution in [1.82, 2.24) is 10.2 Å². The maximum absolute atomic E-state index is 3.71. The monoisotopic (exact) mass is 196 g/mol. The maximum atomic E-state index is 3.71. The molecule has 2 fully saturated rings. The zero-order chi connectivity index (χ0) is 10.1. The van der Waals surface area contributed by atoms with Crippen LogP contribution in [0.1, 0.15) is 33.6 Å². The van der Waals surface area contributed by atoms with E-state index in [9.17, 15) is 0 Å². The molecule has 14 heavy (non-hydrogen) atoms. The zero-order valence-corrected chi connectivity index (χ0v) is 9.79. The first kappa shape index (κ1) is 10.4. The number of nitrogens with one attached hydrogen (secondary N) is 1. The van der Waals surface area contributed by atoms with Gasteiger partial charge in [-0.05, 0) is 31.2 Å². The van der Waals surface area contributed by atoms with Gasteiger partial charge in [0.05, 0.1) is 0 Å². The highest BCUT2D eigenvalue weighted by molar-refractivity contribution is 4.95. The first-order valence-corrected chi connectivity index (χ1v) is 6.19. The van der Waals surface area contributed by atoms with Gasteiger partial charge < -0.3 is 5.32 Å². The SMILES string of the molecule is CCN1CC(C(C)C)NCC1C1CC1. The van der Waals surface area contributed by atoms with Crippen molar-refractivity contribution >= 4 is 0 Å². The first-order valence-electron chi connectivity index (χ1n) is 6.19. The van der Waals surface area contributed by atoms with Gasteiger partial charge in [0.15, 0.2) is 0 Å². The van der Waals surface area contributed by atoms with Crippen LogP contribution >= 0.6 is 0 Å². The van der Waals surface area contributed by atoms with Crippen LogP contribution in [0.15, 0.2) is 0 Å². The molecule has 0 aromatic rings. The molecule has 2 unspecified atom stereocenters. The Hall–Kier alpha value is -0.0800. The van der Waals surface area contributed by atoms with Crippen LogP contribution in [0.5, 0.6) is 0 Å². The molecule has 1 saturated carbocycles. The second kappa shape index (κ2) is 4.19. The predicted octanol–water partition coefficient (Wildman–Crippen LogP) is 1.71. The molecule has 2 atom stereocenters. The summed E-state index contributed by atoms with van der Waals surface area (Å²) in [4.78, 5) is 2.69. The molecule has 82 valence electrons. The molecule has 0 radical (unpaired) electrons. The summed E-state index contributed by atoms with van der Waals surface area (Å²) < 4.78 is 0. The van der Waals surface area contributed by atoms with Crippen LogP contribution in [0.25, 0.3) is 0 Å². The van der Waals surface area contributed by atoms with Crippen molar-refractivity contribution in [2.45, 2.75) is 45.7 Å². The molecule has 2 aliphatic rings. The van der Waals surface area contributed by atoms with Crippen molar-refractivity contribution in [3.05, 3.63) is 0 Å². The second-order valence-electron chi connectivity index (χ2n) is 5.25. The minimum absolute atomic E-state index is 0.713. The smallest absolute Gasteiger partial charge is 0.0249 e. The fourth-order valence-electron chi connectivity index (χ4n) is 2.61. The highest BCUT2D eigenvalue weighted by atomic mass is 15.2. The summed E-state index contributed by atoms with van der Waals surface area (Å²) in [6, 6.07) is 1.56. The van der Waals surface area contributed by atoms with Gasteiger partial charge >= 0.3 is 0 Å². The van der Waals surface area contributed by atoms with Gasteiger partial charge in [-0.1, -0.05) is 20.8 Å². The lowest BCUT2D eigenvalue weighted by Gasteiger charge is -2.41. The van der Waals surface area contributed by atoms with E-state index < -0.39 is 0 Å². The van der Waals surface area contributed by atoms with Crippen molar-refractivity contribution in [2.24, 2.45) is 11.8 Å². The number of rotatable bonds is 3. The van der Waals surface area contributed by atoms with E-state index in [1.54, 1.807) is 0 Å². The highest BCUT2D eigenvalue weighted by Crippen LogP contribution is 2.36. The molecule has 0 amide bonds. The molecule has 0 bridgehead atoms. The first-order chi connectivity index (χ1) is 6.72. The highest BCUT2D eigenvalue weighted by Gasteiger charge is 2.38. The second-order valence-corrected chi connectivity index (χ2v) is 5.25. The van der Waals surface area contributed by atoms with Gasteiger partial charge in [0.2, 0.25) is 0 Å². The Labute approximate surface area is 88.1 Å². The predicted molar refractivity (Wildman–Crippen MR) is 60.4 cm³/mol. The van der Waals surface area contributed by atoms with Crippen LogP contribution in [0.2, 0.25) is 0 Å². The third-order valence-electron chi connectivity index (χ3n) is 3.87. The summed E-state index contributed by atoms with van der Waals surface area (Å²) in [7, 11) is 0. The third kappa shape index (κ3) is 2.12. The topological polar surface area (TPSA) is 15.3 Å². The van der Waals surface area contributed by atoms with Crippen molar-refractivity contribution in [3.63, 3.8) is 0 Å². The van der Waals surface area contributed by atoms with Crippen molar-refractivity contribution < 1.29 is 0 Å². The van der Waals surface area contributed by atoms with E-state index in [1.807, 2.05) is 0 Å². The number of nitrogens with zero attached hydrogens (tertiary/aromatic N) is 1. The summed E-state index contributed by atoms with van der Waals surface area (Å²) in [5.41, 5.74) is 0. The van der Waals surface area contributed by atoms with Crippen LogP contribution in [0.3, 0.4) is 0 Å². The van der Waals surface area contributed by atoms with Gasteiger partial charge in [-0.25, -0.2) is 0 Å². The molecule has 1 aliphatic heterocycles. The van der Waals surface area contributed by atoms with E-state index in [0.29, 0.717) is 6.04 Å². The fourth-order valence-corrected chi connectivity index (χ4v) is 2.61. The standard InChI is InChI=1S/C12H24N2/c1-4-14-8-11(9(2)3)13-7-12(14)10-5-6-10/h9-13H,4-8H2,1-3H3. The molecular formula is C12H24N2. The van der Waals surface area contributed by atoms with E-state index >= 15 is 0 Å². The summed E-state index contributed by atoms with van der Waals surface area (Å²) in [6.07, 6.45) is 2.93. The summed E-state index contributed by atoms with van der Waals surface area (Å²) in [6.45, 7) is 10.7. The molecule has 2 rings (SSSR count). The largest absolute Gasteiger partial charge is 0.311 e. The lowest BCUT2D eigenvalue weighted by Crippen LogP contribution is -2.58. The molecule has 2 nitrogen and oxygen atoms in total. The summed E-state index contributed by atoms with van der Waals surface area (Å²) >= 11 is 0. The molecule has 0 aromatic carbocycles. The molecule has 1 aliphatic carbocycles. The molecule has 0 aromatic heterocycles. The van der Waals surface area contributed by atoms with Gasteiger partial charge in [0, 0.05) is 25.2 Å². The van der Waals surface area contributed by atoms with E-state index in [1.165, 1.54) is 32.5 Å². The minimum atomic E-state index is 0.713. The van der Waals surface area contributed by atoms with Gasteiger partial charge in [-0.2, -0.15) is 0 Å². The number of piperazine rings is 1. The Kier molecular flexibility index (Phi) is 3.13. The minimum Gasteiger partial charge on any atom is -0.311 e. The Bertz CT molecular complexity index is 187. The normalized spacial score (nSPS) is 35.1. The average molecular weight is 196 g/mol. The number of hydrogen-bond donors (Lipinski definition) is 1. The van der Waals surface area contributed by atoms with Gasteiger partial charge in [-0.3, -0.25) is 4.90 Å². The van der Waals surface area contributed by atoms with Crippen LogP contribution in [-0.4, -0.2) is 36.6 Å². The summed E-state index contributed by atoms with van der Waals surface area (Å²) in [5, 5.41) is 3.71. The van der Waals surface area contributed by atoms with Gasteiger partial charge in [0.25, 0.3) is 0 Å². The van der Waals surface area contributed by atoms with Crippen LogP contribution in [-0.2, 0) is 0 Å². The van der Waals surface area contributed by atoms with Crippen LogP contribution in [0.4, 0.5) is 0 Å². The molecule has 2 heteroatoms.